The molecule has 0 saturated heterocycles. The van der Waals surface area contributed by atoms with E-state index in [0.29, 0.717) is 0 Å². The summed E-state index contributed by atoms with van der Waals surface area (Å²) >= 11 is 0. The molecule has 0 heterocycles. The van der Waals surface area contributed by atoms with Crippen LogP contribution in [0, 0.1) is 0 Å². The number of hydrogen-bond acceptors (Lipinski definition) is 0. The smallest absolute Gasteiger partial charge is 0.105 e. The summed E-state index contributed by atoms with van der Waals surface area (Å²) in [6.45, 7) is 0. The van der Waals surface area contributed by atoms with Gasteiger partial charge in [-0.1, -0.05) is 60.7 Å². The SMILES string of the molecule is [BH3-][PH+](c1ccc2ccccc2c1)c1ccc2ccccc2c1. The van der Waals surface area contributed by atoms with Crippen molar-refractivity contribution in [3.05, 3.63) is 84.9 Å². The molecule has 0 fully saturated rings. The second-order valence-corrected chi connectivity index (χ2v) is 6.65. The van der Waals surface area contributed by atoms with E-state index in [1.165, 1.54) is 21.5 Å². The molecule has 2 heteroatoms. The predicted molar refractivity (Wildman–Crippen MR) is 105 cm³/mol. The van der Waals surface area contributed by atoms with Gasteiger partial charge in [-0.25, -0.2) is 0 Å². The first-order valence-corrected chi connectivity index (χ1v) is 8.13. The van der Waals surface area contributed by atoms with Gasteiger partial charge in [0, 0.05) is 0 Å². The Balaban J connectivity index is 1.78. The Labute approximate surface area is 132 Å². The van der Waals surface area contributed by atoms with Crippen molar-refractivity contribution in [1.82, 2.24) is 0 Å². The van der Waals surface area contributed by atoms with Gasteiger partial charge in [0.25, 0.3) is 0 Å². The molecule has 0 atom stereocenters. The fourth-order valence-corrected chi connectivity index (χ4v) is 3.82. The first-order valence-electron chi connectivity index (χ1n) is 7.13. The summed E-state index contributed by atoms with van der Waals surface area (Å²) in [6.07, 6.45) is 0. The van der Waals surface area contributed by atoms with Crippen LogP contribution < -0.4 is 10.6 Å². The van der Waals surface area contributed by atoms with Crippen molar-refractivity contribution in [3.63, 3.8) is 0 Å². The van der Waals surface area contributed by atoms with E-state index in [1.807, 2.05) is 0 Å². The van der Waals surface area contributed by atoms with Crippen molar-refractivity contribution >= 4 is 47.5 Å². The Bertz CT molecular complexity index is 882. The molecule has 0 spiro atoms. The van der Waals surface area contributed by atoms with E-state index in [-0.39, 0.29) is 7.57 Å². The lowest BCUT2D eigenvalue weighted by Crippen LogP contribution is -2.11. The fraction of sp³-hybridized carbons (Fsp3) is 0. The molecular weight excluding hydrogens is 282 g/mol. The third kappa shape index (κ3) is 2.43. The minimum absolute atomic E-state index is 0.282. The monoisotopic (exact) mass is 300 g/mol. The minimum atomic E-state index is -0.476. The average Bonchev–Trinajstić information content (AvgIpc) is 2.60. The van der Waals surface area contributed by atoms with Crippen LogP contribution in [0.2, 0.25) is 0 Å². The zero-order chi connectivity index (χ0) is 14.9. The molecule has 0 unspecified atom stereocenters. The lowest BCUT2D eigenvalue weighted by atomic mass is 10.1. The summed E-state index contributed by atoms with van der Waals surface area (Å²) in [6, 6.07) is 31.5. The van der Waals surface area contributed by atoms with Gasteiger partial charge < -0.3 is 0 Å². The summed E-state index contributed by atoms with van der Waals surface area (Å²) in [5.74, 6) is 0. The highest BCUT2D eigenvalue weighted by Gasteiger charge is 2.11. The Hall–Kier alpha value is -2.11. The highest BCUT2D eigenvalue weighted by atomic mass is 31.1. The Morgan fingerprint density at radius 3 is 1.36 bits per heavy atom. The summed E-state index contributed by atoms with van der Waals surface area (Å²) in [5, 5.41) is 8.61. The lowest BCUT2D eigenvalue weighted by molar-refractivity contribution is 1.77. The molecule has 0 saturated carbocycles. The number of benzene rings is 4. The number of fused-ring (bicyclic) bond motifs is 2. The van der Waals surface area contributed by atoms with Gasteiger partial charge in [0.15, 0.2) is 0 Å². The van der Waals surface area contributed by atoms with Crippen LogP contribution >= 0.6 is 7.80 Å². The van der Waals surface area contributed by atoms with E-state index < -0.39 is 7.80 Å². The van der Waals surface area contributed by atoms with Crippen LogP contribution in [-0.4, -0.2) is 7.57 Å². The highest BCUT2D eigenvalue weighted by molar-refractivity contribution is 7.94. The molecule has 0 nitrogen and oxygen atoms in total. The zero-order valence-corrected chi connectivity index (χ0v) is 12.6. The van der Waals surface area contributed by atoms with Crippen molar-refractivity contribution < 1.29 is 0 Å². The van der Waals surface area contributed by atoms with Crippen LogP contribution in [0.25, 0.3) is 21.5 Å². The first kappa shape index (κ1) is 13.6. The van der Waals surface area contributed by atoms with Crippen molar-refractivity contribution in [2.75, 3.05) is 0 Å². The molecule has 106 valence electrons. The lowest BCUT2D eigenvalue weighted by Gasteiger charge is -2.12. The molecule has 0 N–H and O–H groups in total. The molecule has 0 bridgehead atoms. The van der Waals surface area contributed by atoms with Crippen LogP contribution in [0.15, 0.2) is 84.9 Å². The number of rotatable bonds is 2. The maximum atomic E-state index is 2.42. The van der Waals surface area contributed by atoms with Gasteiger partial charge >= 0.3 is 0 Å². The largest absolute Gasteiger partial charge is 0.135 e. The fourth-order valence-electron chi connectivity index (χ4n) is 2.70. The second-order valence-electron chi connectivity index (χ2n) is 5.25. The Kier molecular flexibility index (Phi) is 3.44. The van der Waals surface area contributed by atoms with Gasteiger partial charge in [0.05, 0.1) is 10.6 Å². The van der Waals surface area contributed by atoms with Crippen LogP contribution in [-0.2, 0) is 0 Å². The molecule has 0 aliphatic carbocycles. The Morgan fingerprint density at radius 1 is 0.500 bits per heavy atom. The molecule has 0 aromatic heterocycles. The van der Waals surface area contributed by atoms with E-state index in [4.69, 9.17) is 0 Å². The normalized spacial score (nSPS) is 11.4. The van der Waals surface area contributed by atoms with Gasteiger partial charge in [0.1, 0.15) is 7.57 Å². The minimum Gasteiger partial charge on any atom is -0.105 e. The molecule has 0 amide bonds. The van der Waals surface area contributed by atoms with Crippen molar-refractivity contribution in [2.24, 2.45) is 0 Å². The van der Waals surface area contributed by atoms with Gasteiger partial charge in [0.2, 0.25) is 0 Å². The van der Waals surface area contributed by atoms with E-state index in [0.717, 1.165) is 0 Å². The molecule has 4 aromatic carbocycles. The predicted octanol–water partition coefficient (Wildman–Crippen LogP) is 3.44. The summed E-state index contributed by atoms with van der Waals surface area (Å²) in [5.41, 5.74) is 0. The molecule has 0 aliphatic heterocycles. The van der Waals surface area contributed by atoms with Crippen molar-refractivity contribution in [1.29, 1.82) is 0 Å². The van der Waals surface area contributed by atoms with Crippen molar-refractivity contribution in [2.45, 2.75) is 0 Å². The third-order valence-corrected chi connectivity index (χ3v) is 4.99. The zero-order valence-electron chi connectivity index (χ0n) is 11.6. The first-order chi connectivity index (χ1) is 10.8. The number of hydrogen-bond donors (Lipinski definition) is 0. The van der Waals surface area contributed by atoms with Crippen LogP contribution in [0.4, 0.5) is 0 Å². The maximum Gasteiger partial charge on any atom is 0.135 e. The second kappa shape index (κ2) is 5.59. The van der Waals surface area contributed by atoms with Crippen LogP contribution in [0.5, 0.6) is 0 Å². The van der Waals surface area contributed by atoms with E-state index in [1.54, 1.807) is 10.6 Å². The van der Waals surface area contributed by atoms with Crippen LogP contribution in [0.1, 0.15) is 0 Å². The topological polar surface area (TPSA) is 0 Å². The van der Waals surface area contributed by atoms with Crippen molar-refractivity contribution in [3.8, 4) is 0 Å². The maximum absolute atomic E-state index is 2.42. The molecular formula is C20H18BP. The van der Waals surface area contributed by atoms with Gasteiger partial charge in [-0.3, -0.25) is 0 Å². The van der Waals surface area contributed by atoms with E-state index in [2.05, 4.69) is 84.9 Å². The molecule has 4 rings (SSSR count). The molecule has 0 radical (unpaired) electrons. The van der Waals surface area contributed by atoms with Crippen LogP contribution in [0.3, 0.4) is 0 Å². The third-order valence-electron chi connectivity index (χ3n) is 3.79. The molecule has 0 aliphatic rings. The summed E-state index contributed by atoms with van der Waals surface area (Å²) < 4.78 is 0. The van der Waals surface area contributed by atoms with Gasteiger partial charge in [-0.2, -0.15) is 0 Å². The Morgan fingerprint density at radius 2 is 0.909 bits per heavy atom. The average molecular weight is 300 g/mol. The van der Waals surface area contributed by atoms with Gasteiger partial charge in [-0.15, -0.1) is 7.80 Å². The molecule has 4 aromatic rings. The standard InChI is InChI=1S/C20H18BP/c21-22(19-11-9-15-5-1-3-7-17(15)13-19)20-12-10-16-6-2-4-8-18(16)14-20/h1-14,22H,21H3. The van der Waals surface area contributed by atoms with E-state index >= 15 is 0 Å². The summed E-state index contributed by atoms with van der Waals surface area (Å²) in [4.78, 5) is 0. The molecule has 22 heavy (non-hydrogen) atoms. The van der Waals surface area contributed by atoms with E-state index in [9.17, 15) is 0 Å². The summed E-state index contributed by atoms with van der Waals surface area (Å²) in [7, 11) is -0.194. The highest BCUT2D eigenvalue weighted by Crippen LogP contribution is 2.30. The quantitative estimate of drug-likeness (QED) is 0.393. The van der Waals surface area contributed by atoms with Gasteiger partial charge in [-0.05, 0) is 45.8 Å².